The second-order valence-corrected chi connectivity index (χ2v) is 6.63. The third kappa shape index (κ3) is 6.23. The van der Waals surface area contributed by atoms with E-state index in [1.807, 2.05) is 13.8 Å². The zero-order valence-corrected chi connectivity index (χ0v) is 13.0. The molecular formula is C12H17ClN2O4S. The summed E-state index contributed by atoms with van der Waals surface area (Å²) >= 11 is 5.94. The van der Waals surface area contributed by atoms with Gasteiger partial charge < -0.3 is 10.1 Å². The fourth-order valence-electron chi connectivity index (χ4n) is 1.33. The van der Waals surface area contributed by atoms with Gasteiger partial charge in [0, 0.05) is 0 Å². The molecule has 0 aromatic heterocycles. The zero-order chi connectivity index (χ0) is 15.3. The summed E-state index contributed by atoms with van der Waals surface area (Å²) in [5.41, 5.74) is 0.634. The summed E-state index contributed by atoms with van der Waals surface area (Å²) in [7, 11) is -3.39. The van der Waals surface area contributed by atoms with Crippen molar-refractivity contribution in [3.8, 4) is 0 Å². The SMILES string of the molecule is CC(C)OCC(=O)Nc1cc(NS(C)(=O)=O)ccc1Cl. The van der Waals surface area contributed by atoms with Crippen LogP contribution in [-0.4, -0.2) is 33.3 Å². The van der Waals surface area contributed by atoms with Crippen molar-refractivity contribution < 1.29 is 17.9 Å². The normalized spacial score (nSPS) is 11.4. The lowest BCUT2D eigenvalue weighted by Gasteiger charge is -2.11. The molecule has 0 radical (unpaired) electrons. The van der Waals surface area contributed by atoms with Crippen LogP contribution in [-0.2, 0) is 19.6 Å². The third-order valence-corrected chi connectivity index (χ3v) is 3.03. The lowest BCUT2D eigenvalue weighted by Crippen LogP contribution is -2.21. The number of ether oxygens (including phenoxy) is 1. The molecular weight excluding hydrogens is 304 g/mol. The summed E-state index contributed by atoms with van der Waals surface area (Å²) in [6.45, 7) is 3.53. The Kier molecular flexibility index (Phi) is 5.79. The molecule has 0 aliphatic rings. The van der Waals surface area contributed by atoms with E-state index in [1.54, 1.807) is 0 Å². The first-order valence-corrected chi connectivity index (χ1v) is 8.13. The van der Waals surface area contributed by atoms with E-state index in [2.05, 4.69) is 10.0 Å². The fraction of sp³-hybridized carbons (Fsp3) is 0.417. The maximum Gasteiger partial charge on any atom is 0.250 e. The minimum absolute atomic E-state index is 0.0607. The third-order valence-electron chi connectivity index (χ3n) is 2.09. The maximum absolute atomic E-state index is 11.6. The number of carbonyl (C=O) groups excluding carboxylic acids is 1. The van der Waals surface area contributed by atoms with Crippen molar-refractivity contribution in [2.75, 3.05) is 22.9 Å². The first kappa shape index (κ1) is 16.7. The highest BCUT2D eigenvalue weighted by molar-refractivity contribution is 7.92. The summed E-state index contributed by atoms with van der Waals surface area (Å²) in [5, 5.41) is 2.87. The van der Waals surface area contributed by atoms with E-state index >= 15 is 0 Å². The molecule has 0 aliphatic carbocycles. The number of sulfonamides is 1. The van der Waals surface area contributed by atoms with E-state index in [-0.39, 0.29) is 18.6 Å². The Morgan fingerprint density at radius 2 is 2.05 bits per heavy atom. The highest BCUT2D eigenvalue weighted by Gasteiger charge is 2.09. The molecule has 0 unspecified atom stereocenters. The van der Waals surface area contributed by atoms with Crippen LogP contribution in [0.2, 0.25) is 5.02 Å². The lowest BCUT2D eigenvalue weighted by atomic mass is 10.3. The smallest absolute Gasteiger partial charge is 0.250 e. The molecule has 2 N–H and O–H groups in total. The number of hydrogen-bond acceptors (Lipinski definition) is 4. The first-order valence-electron chi connectivity index (χ1n) is 5.86. The Morgan fingerprint density at radius 3 is 2.60 bits per heavy atom. The molecule has 0 saturated carbocycles. The van der Waals surface area contributed by atoms with Crippen LogP contribution in [0, 0.1) is 0 Å². The van der Waals surface area contributed by atoms with Crippen LogP contribution in [0.1, 0.15) is 13.8 Å². The highest BCUT2D eigenvalue weighted by atomic mass is 35.5. The van der Waals surface area contributed by atoms with Gasteiger partial charge in [-0.3, -0.25) is 9.52 Å². The van der Waals surface area contributed by atoms with Crippen LogP contribution in [0.3, 0.4) is 0 Å². The average Bonchev–Trinajstić information content (AvgIpc) is 2.29. The van der Waals surface area contributed by atoms with E-state index in [9.17, 15) is 13.2 Å². The number of hydrogen-bond donors (Lipinski definition) is 2. The molecule has 1 aromatic rings. The predicted octanol–water partition coefficient (Wildman–Crippen LogP) is 2.07. The second kappa shape index (κ2) is 6.92. The van der Waals surface area contributed by atoms with Crippen molar-refractivity contribution in [2.24, 2.45) is 0 Å². The Hall–Kier alpha value is -1.31. The van der Waals surface area contributed by atoms with Crippen molar-refractivity contribution in [3.63, 3.8) is 0 Å². The van der Waals surface area contributed by atoms with Crippen LogP contribution < -0.4 is 10.0 Å². The molecule has 0 fully saturated rings. The number of carbonyl (C=O) groups is 1. The molecule has 0 aliphatic heterocycles. The topological polar surface area (TPSA) is 84.5 Å². The largest absolute Gasteiger partial charge is 0.369 e. The molecule has 1 amide bonds. The van der Waals surface area contributed by atoms with Gasteiger partial charge in [-0.05, 0) is 32.0 Å². The van der Waals surface area contributed by atoms with Gasteiger partial charge in [-0.15, -0.1) is 0 Å². The zero-order valence-electron chi connectivity index (χ0n) is 11.4. The van der Waals surface area contributed by atoms with Gasteiger partial charge in [0.2, 0.25) is 15.9 Å². The summed E-state index contributed by atoms with van der Waals surface area (Å²) in [6.07, 6.45) is 0.977. The van der Waals surface area contributed by atoms with Crippen LogP contribution in [0.5, 0.6) is 0 Å². The van der Waals surface area contributed by atoms with Gasteiger partial charge in [-0.2, -0.15) is 0 Å². The van der Waals surface area contributed by atoms with Gasteiger partial charge in [0.1, 0.15) is 6.61 Å². The lowest BCUT2D eigenvalue weighted by molar-refractivity contribution is -0.121. The molecule has 0 saturated heterocycles. The Balaban J connectivity index is 2.79. The van der Waals surface area contributed by atoms with Crippen LogP contribution >= 0.6 is 11.6 Å². The quantitative estimate of drug-likeness (QED) is 0.840. The van der Waals surface area contributed by atoms with Gasteiger partial charge in [-0.1, -0.05) is 11.6 Å². The summed E-state index contributed by atoms with van der Waals surface area (Å²) < 4.78 is 29.8. The number of halogens is 1. The van der Waals surface area contributed by atoms with Gasteiger partial charge in [-0.25, -0.2) is 8.42 Å². The van der Waals surface area contributed by atoms with Gasteiger partial charge in [0.15, 0.2) is 0 Å². The minimum atomic E-state index is -3.39. The Bertz CT molecular complexity index is 587. The van der Waals surface area contributed by atoms with E-state index in [1.165, 1.54) is 18.2 Å². The van der Waals surface area contributed by atoms with Crippen LogP contribution in [0.15, 0.2) is 18.2 Å². The summed E-state index contributed by atoms with van der Waals surface area (Å²) in [6, 6.07) is 4.44. The predicted molar refractivity (Wildman–Crippen MR) is 79.6 cm³/mol. The van der Waals surface area contributed by atoms with E-state index in [4.69, 9.17) is 16.3 Å². The van der Waals surface area contributed by atoms with Crippen molar-refractivity contribution in [1.82, 2.24) is 0 Å². The molecule has 0 bridgehead atoms. The Labute approximate surface area is 123 Å². The standard InChI is InChI=1S/C12H17ClN2O4S/c1-8(2)19-7-12(16)14-11-6-9(4-5-10(11)13)15-20(3,17)18/h4-6,8,15H,7H2,1-3H3,(H,14,16). The summed E-state index contributed by atoms with van der Waals surface area (Å²) in [5.74, 6) is -0.364. The number of nitrogens with one attached hydrogen (secondary N) is 2. The molecule has 1 rings (SSSR count). The molecule has 8 heteroatoms. The maximum atomic E-state index is 11.6. The van der Waals surface area contributed by atoms with Crippen LogP contribution in [0.4, 0.5) is 11.4 Å². The van der Waals surface area contributed by atoms with E-state index in [0.717, 1.165) is 6.26 Å². The van der Waals surface area contributed by atoms with E-state index < -0.39 is 10.0 Å². The molecule has 0 spiro atoms. The van der Waals surface area contributed by atoms with Crippen LogP contribution in [0.25, 0.3) is 0 Å². The molecule has 20 heavy (non-hydrogen) atoms. The molecule has 112 valence electrons. The fourth-order valence-corrected chi connectivity index (χ4v) is 2.05. The van der Waals surface area contributed by atoms with Crippen molar-refractivity contribution in [2.45, 2.75) is 20.0 Å². The number of rotatable bonds is 6. The number of amides is 1. The first-order chi connectivity index (χ1) is 9.17. The highest BCUT2D eigenvalue weighted by Crippen LogP contribution is 2.25. The van der Waals surface area contributed by atoms with Gasteiger partial charge in [0.05, 0.1) is 28.8 Å². The van der Waals surface area contributed by atoms with Crippen molar-refractivity contribution in [1.29, 1.82) is 0 Å². The second-order valence-electron chi connectivity index (χ2n) is 4.48. The monoisotopic (exact) mass is 320 g/mol. The van der Waals surface area contributed by atoms with Crippen molar-refractivity contribution in [3.05, 3.63) is 23.2 Å². The molecule has 0 heterocycles. The van der Waals surface area contributed by atoms with Crippen molar-refractivity contribution >= 4 is 38.9 Å². The molecule has 6 nitrogen and oxygen atoms in total. The Morgan fingerprint density at radius 1 is 1.40 bits per heavy atom. The minimum Gasteiger partial charge on any atom is -0.369 e. The molecule has 1 aromatic carbocycles. The number of benzene rings is 1. The summed E-state index contributed by atoms with van der Waals surface area (Å²) in [4.78, 5) is 11.6. The number of anilines is 2. The average molecular weight is 321 g/mol. The van der Waals surface area contributed by atoms with E-state index in [0.29, 0.717) is 16.4 Å². The van der Waals surface area contributed by atoms with Gasteiger partial charge in [0.25, 0.3) is 0 Å². The van der Waals surface area contributed by atoms with Gasteiger partial charge >= 0.3 is 0 Å². The molecule has 0 atom stereocenters.